The van der Waals surface area contributed by atoms with Crippen molar-refractivity contribution in [2.24, 2.45) is 0 Å². The van der Waals surface area contributed by atoms with Crippen LogP contribution in [0.1, 0.15) is 20.8 Å². The van der Waals surface area contributed by atoms with E-state index >= 15 is 0 Å². The van der Waals surface area contributed by atoms with Gasteiger partial charge in [-0.05, 0) is 20.8 Å². The molecule has 0 bridgehead atoms. The van der Waals surface area contributed by atoms with Gasteiger partial charge < -0.3 is 0 Å². The molecule has 0 heterocycles. The summed E-state index contributed by atoms with van der Waals surface area (Å²) in [4.78, 5) is 0. The molecular weight excluding hydrogens is 91.0 g/mol. The largest absolute Gasteiger partial charge is 0.153 e. The average molecular weight is 104 g/mol. The number of hydrogen-bond acceptors (Lipinski definition) is 0. The zero-order valence-electron chi connectivity index (χ0n) is 4.78. The Bertz CT molecular complexity index is 41.9. The molecule has 0 aromatic rings. The lowest BCUT2D eigenvalue weighted by atomic mass is 10.3. The second-order valence-electron chi connectivity index (χ2n) is 1.37. The topological polar surface area (TPSA) is 0 Å². The van der Waals surface area contributed by atoms with Crippen molar-refractivity contribution in [3.63, 3.8) is 0 Å². The van der Waals surface area contributed by atoms with E-state index in [9.17, 15) is 0 Å². The van der Waals surface area contributed by atoms with Gasteiger partial charge in [0.25, 0.3) is 0 Å². The summed E-state index contributed by atoms with van der Waals surface area (Å²) in [5.41, 5.74) is 1.38. The van der Waals surface area contributed by atoms with Gasteiger partial charge in [-0.1, -0.05) is 11.6 Å². The second-order valence-corrected chi connectivity index (χ2v) is 1.37. The molecule has 1 heteroatoms. The average Bonchev–Trinajstić information content (AvgIpc) is 1.38. The monoisotopic (exact) mass is 104 g/mol. The summed E-state index contributed by atoms with van der Waals surface area (Å²) in [5.74, 6) is 0. The van der Waals surface area contributed by atoms with Crippen LogP contribution in [0.5, 0.6) is 0 Å². The van der Waals surface area contributed by atoms with Crippen LogP contribution in [0.3, 0.4) is 0 Å². The van der Waals surface area contributed by atoms with Crippen molar-refractivity contribution in [1.82, 2.24) is 0 Å². The van der Waals surface area contributed by atoms with Crippen molar-refractivity contribution in [3.05, 3.63) is 11.6 Å². The van der Waals surface area contributed by atoms with Crippen LogP contribution in [0.2, 0.25) is 0 Å². The summed E-state index contributed by atoms with van der Waals surface area (Å²) in [5, 5.41) is 0. The molecule has 0 fully saturated rings. The molecule has 0 radical (unpaired) electrons. The predicted octanol–water partition coefficient (Wildman–Crippen LogP) is 2.03. The van der Waals surface area contributed by atoms with Gasteiger partial charge in [0.15, 0.2) is 0 Å². The maximum Gasteiger partial charge on any atom is -0.0442 e. The van der Waals surface area contributed by atoms with Crippen LogP contribution in [0, 0.1) is 0 Å². The van der Waals surface area contributed by atoms with Crippen molar-refractivity contribution in [2.45, 2.75) is 20.8 Å². The van der Waals surface area contributed by atoms with E-state index in [1.54, 1.807) is 0 Å². The molecule has 0 N–H and O–H groups in total. The smallest absolute Gasteiger partial charge is 0.0442 e. The Kier molecular flexibility index (Phi) is 8.17. The molecule has 0 nitrogen and oxygen atoms in total. The molecule has 1 atom stereocenters. The van der Waals surface area contributed by atoms with Crippen molar-refractivity contribution < 1.29 is 0 Å². The van der Waals surface area contributed by atoms with E-state index in [0.717, 1.165) is 0 Å². The van der Waals surface area contributed by atoms with E-state index in [2.05, 4.69) is 19.9 Å². The SMILES string of the molecule is CC=C(C)C.P. The zero-order valence-corrected chi connectivity index (χ0v) is 6.20. The summed E-state index contributed by atoms with van der Waals surface area (Å²) < 4.78 is 0. The summed E-state index contributed by atoms with van der Waals surface area (Å²) in [6.45, 7) is 6.20. The Hall–Kier alpha value is 0.170. The molecule has 0 aromatic carbocycles. The Labute approximate surface area is 43.3 Å². The van der Waals surface area contributed by atoms with Crippen molar-refractivity contribution in [3.8, 4) is 0 Å². The van der Waals surface area contributed by atoms with Crippen LogP contribution in [0.15, 0.2) is 11.6 Å². The Morgan fingerprint density at radius 2 is 1.50 bits per heavy atom. The fourth-order valence-corrected chi connectivity index (χ4v) is 0. The summed E-state index contributed by atoms with van der Waals surface area (Å²) in [6, 6.07) is 0. The van der Waals surface area contributed by atoms with Crippen LogP contribution in [0.4, 0.5) is 0 Å². The van der Waals surface area contributed by atoms with Gasteiger partial charge in [0.2, 0.25) is 0 Å². The van der Waals surface area contributed by atoms with E-state index in [-0.39, 0.29) is 9.90 Å². The van der Waals surface area contributed by atoms with Gasteiger partial charge in [0.1, 0.15) is 0 Å². The highest BCUT2D eigenvalue weighted by Crippen LogP contribution is 1.82. The third-order valence-corrected chi connectivity index (χ3v) is 0.577. The molecule has 0 saturated carbocycles. The molecule has 0 aliphatic rings. The van der Waals surface area contributed by atoms with Gasteiger partial charge in [-0.15, -0.1) is 0 Å². The van der Waals surface area contributed by atoms with Crippen molar-refractivity contribution in [2.75, 3.05) is 0 Å². The first-order valence-electron chi connectivity index (χ1n) is 1.87. The highest BCUT2D eigenvalue weighted by Gasteiger charge is 1.60. The van der Waals surface area contributed by atoms with Crippen molar-refractivity contribution in [1.29, 1.82) is 0 Å². The Morgan fingerprint density at radius 3 is 1.50 bits per heavy atom. The lowest BCUT2D eigenvalue weighted by Crippen LogP contribution is -1.52. The third-order valence-electron chi connectivity index (χ3n) is 0.577. The minimum absolute atomic E-state index is 0. The first-order chi connectivity index (χ1) is 2.27. The van der Waals surface area contributed by atoms with E-state index in [4.69, 9.17) is 0 Å². The van der Waals surface area contributed by atoms with Gasteiger partial charge in [-0.2, -0.15) is 9.90 Å². The van der Waals surface area contributed by atoms with Crippen LogP contribution < -0.4 is 0 Å². The van der Waals surface area contributed by atoms with Crippen LogP contribution in [-0.4, -0.2) is 0 Å². The fraction of sp³-hybridized carbons (Fsp3) is 0.600. The normalized spacial score (nSPS) is 5.83. The standard InChI is InChI=1S/C5H10.H3P/c1-4-5(2)3;/h4H,1-3H3;1H3. The highest BCUT2D eigenvalue weighted by molar-refractivity contribution is 6.92. The first-order valence-corrected chi connectivity index (χ1v) is 1.87. The number of allylic oxidation sites excluding steroid dienone is 2. The second kappa shape index (κ2) is 5.17. The van der Waals surface area contributed by atoms with E-state index < -0.39 is 0 Å². The minimum Gasteiger partial charge on any atom is -0.153 e. The quantitative estimate of drug-likeness (QED) is 0.326. The van der Waals surface area contributed by atoms with Gasteiger partial charge in [0.05, 0.1) is 0 Å². The van der Waals surface area contributed by atoms with Gasteiger partial charge in [-0.3, -0.25) is 0 Å². The minimum atomic E-state index is 0. The molecule has 0 aromatic heterocycles. The molecule has 0 saturated heterocycles. The summed E-state index contributed by atoms with van der Waals surface area (Å²) >= 11 is 0. The Morgan fingerprint density at radius 1 is 1.33 bits per heavy atom. The lowest BCUT2D eigenvalue weighted by Gasteiger charge is -1.74. The molecule has 0 rings (SSSR count). The molecule has 0 aliphatic heterocycles. The van der Waals surface area contributed by atoms with Crippen LogP contribution in [-0.2, 0) is 0 Å². The summed E-state index contributed by atoms with van der Waals surface area (Å²) in [7, 11) is 0. The first kappa shape index (κ1) is 9.48. The number of hydrogen-bond donors (Lipinski definition) is 0. The van der Waals surface area contributed by atoms with E-state index in [1.807, 2.05) is 6.92 Å². The predicted molar refractivity (Wildman–Crippen MR) is 36.2 cm³/mol. The third kappa shape index (κ3) is 8.90. The molecule has 0 aliphatic carbocycles. The maximum atomic E-state index is 2.08. The van der Waals surface area contributed by atoms with E-state index in [0.29, 0.717) is 0 Å². The molecule has 38 valence electrons. The van der Waals surface area contributed by atoms with E-state index in [1.165, 1.54) is 5.57 Å². The van der Waals surface area contributed by atoms with Gasteiger partial charge in [0, 0.05) is 0 Å². The van der Waals surface area contributed by atoms with Crippen LogP contribution >= 0.6 is 9.90 Å². The maximum absolute atomic E-state index is 2.08. The molecule has 1 unspecified atom stereocenters. The molecular formula is C5H13P. The number of rotatable bonds is 0. The summed E-state index contributed by atoms with van der Waals surface area (Å²) in [6.07, 6.45) is 2.08. The zero-order chi connectivity index (χ0) is 4.28. The highest BCUT2D eigenvalue weighted by atomic mass is 31.0. The van der Waals surface area contributed by atoms with Crippen molar-refractivity contribution >= 4 is 9.90 Å². The van der Waals surface area contributed by atoms with Gasteiger partial charge >= 0.3 is 0 Å². The van der Waals surface area contributed by atoms with Gasteiger partial charge in [-0.25, -0.2) is 0 Å². The molecule has 0 spiro atoms. The van der Waals surface area contributed by atoms with Crippen LogP contribution in [0.25, 0.3) is 0 Å². The lowest BCUT2D eigenvalue weighted by molar-refractivity contribution is 1.36. The fourth-order valence-electron chi connectivity index (χ4n) is 0. The Balaban J connectivity index is 0. The molecule has 0 amide bonds. The molecule has 6 heavy (non-hydrogen) atoms.